The molecule has 0 aliphatic rings. The summed E-state index contributed by atoms with van der Waals surface area (Å²) in [4.78, 5) is 10.6. The van der Waals surface area contributed by atoms with Crippen molar-refractivity contribution in [2.75, 3.05) is 0 Å². The predicted octanol–water partition coefficient (Wildman–Crippen LogP) is 2.94. The third-order valence-electron chi connectivity index (χ3n) is 2.78. The molecule has 1 heteroatoms. The van der Waals surface area contributed by atoms with Crippen LogP contribution in [-0.4, -0.2) is 6.29 Å². The highest BCUT2D eigenvalue weighted by Gasteiger charge is 2.23. The maximum atomic E-state index is 10.6. The number of carbonyl (C=O) groups excluding carboxylic acids is 1. The summed E-state index contributed by atoms with van der Waals surface area (Å²) in [5.74, 6) is 0. The fraction of sp³-hybridized carbons (Fsp3) is 0.417. The van der Waals surface area contributed by atoms with E-state index in [9.17, 15) is 4.79 Å². The molecule has 0 aliphatic heterocycles. The molecule has 0 amide bonds. The van der Waals surface area contributed by atoms with Gasteiger partial charge in [0.1, 0.15) is 6.29 Å². The average molecular weight is 176 g/mol. The van der Waals surface area contributed by atoms with Crippen LogP contribution in [0.1, 0.15) is 32.3 Å². The van der Waals surface area contributed by atoms with Crippen molar-refractivity contribution < 1.29 is 4.79 Å². The van der Waals surface area contributed by atoms with E-state index in [1.165, 1.54) is 5.56 Å². The molecule has 0 fully saturated rings. The van der Waals surface area contributed by atoms with E-state index < -0.39 is 0 Å². The van der Waals surface area contributed by atoms with Crippen molar-refractivity contribution in [1.29, 1.82) is 0 Å². The molecule has 1 rings (SSSR count). The second kappa shape index (κ2) is 4.22. The van der Waals surface area contributed by atoms with Crippen molar-refractivity contribution in [1.82, 2.24) is 0 Å². The molecule has 0 spiro atoms. The normalized spacial score (nSPS) is 14.9. The van der Waals surface area contributed by atoms with Gasteiger partial charge in [-0.05, 0) is 17.4 Å². The zero-order valence-corrected chi connectivity index (χ0v) is 8.29. The standard InChI is InChI=1S/C12H16O/c1-3-12(2,9-10-13)11-7-5-4-6-8-11/h4-8,10H,3,9H2,1-2H3/t12-/m0/s1. The topological polar surface area (TPSA) is 17.1 Å². The second-order valence-corrected chi connectivity index (χ2v) is 3.65. The van der Waals surface area contributed by atoms with Crippen molar-refractivity contribution in [2.45, 2.75) is 32.1 Å². The molecule has 1 nitrogen and oxygen atoms in total. The van der Waals surface area contributed by atoms with Crippen LogP contribution in [0.5, 0.6) is 0 Å². The molecular weight excluding hydrogens is 160 g/mol. The molecular formula is C12H16O. The highest BCUT2D eigenvalue weighted by Crippen LogP contribution is 2.29. The highest BCUT2D eigenvalue weighted by molar-refractivity contribution is 5.53. The van der Waals surface area contributed by atoms with Crippen LogP contribution in [0, 0.1) is 0 Å². The summed E-state index contributed by atoms with van der Waals surface area (Å²) < 4.78 is 0. The van der Waals surface area contributed by atoms with Crippen LogP contribution in [0.25, 0.3) is 0 Å². The van der Waals surface area contributed by atoms with Crippen molar-refractivity contribution >= 4 is 6.29 Å². The largest absolute Gasteiger partial charge is 0.303 e. The van der Waals surface area contributed by atoms with E-state index in [1.54, 1.807) is 0 Å². The molecule has 70 valence electrons. The minimum Gasteiger partial charge on any atom is -0.303 e. The van der Waals surface area contributed by atoms with E-state index in [-0.39, 0.29) is 5.41 Å². The third-order valence-corrected chi connectivity index (χ3v) is 2.78. The lowest BCUT2D eigenvalue weighted by molar-refractivity contribution is -0.108. The Hall–Kier alpha value is -1.11. The van der Waals surface area contributed by atoms with Crippen LogP contribution >= 0.6 is 0 Å². The third kappa shape index (κ3) is 2.18. The summed E-state index contributed by atoms with van der Waals surface area (Å²) in [5, 5.41) is 0. The van der Waals surface area contributed by atoms with Crippen LogP contribution in [0.4, 0.5) is 0 Å². The Bertz CT molecular complexity index is 266. The molecule has 1 atom stereocenters. The molecule has 1 aromatic carbocycles. The molecule has 0 radical (unpaired) electrons. The van der Waals surface area contributed by atoms with Gasteiger partial charge in [-0.1, -0.05) is 44.2 Å². The van der Waals surface area contributed by atoms with Crippen molar-refractivity contribution in [2.24, 2.45) is 0 Å². The monoisotopic (exact) mass is 176 g/mol. The molecule has 13 heavy (non-hydrogen) atoms. The summed E-state index contributed by atoms with van der Waals surface area (Å²) in [6.07, 6.45) is 2.61. The van der Waals surface area contributed by atoms with Gasteiger partial charge in [-0.3, -0.25) is 0 Å². The van der Waals surface area contributed by atoms with Gasteiger partial charge in [0.15, 0.2) is 0 Å². The van der Waals surface area contributed by atoms with Gasteiger partial charge in [0.25, 0.3) is 0 Å². The van der Waals surface area contributed by atoms with E-state index in [0.29, 0.717) is 6.42 Å². The fourth-order valence-corrected chi connectivity index (χ4v) is 1.49. The lowest BCUT2D eigenvalue weighted by atomic mass is 9.78. The van der Waals surface area contributed by atoms with Crippen LogP contribution in [0.2, 0.25) is 0 Å². The quantitative estimate of drug-likeness (QED) is 0.645. The van der Waals surface area contributed by atoms with Crippen LogP contribution in [-0.2, 0) is 10.2 Å². The van der Waals surface area contributed by atoms with Crippen LogP contribution in [0.3, 0.4) is 0 Å². The summed E-state index contributed by atoms with van der Waals surface area (Å²) in [6, 6.07) is 10.2. The predicted molar refractivity (Wildman–Crippen MR) is 54.8 cm³/mol. The Morgan fingerprint density at radius 1 is 1.31 bits per heavy atom. The van der Waals surface area contributed by atoms with Gasteiger partial charge in [-0.25, -0.2) is 0 Å². The molecule has 0 bridgehead atoms. The summed E-state index contributed by atoms with van der Waals surface area (Å²) in [6.45, 7) is 4.26. The van der Waals surface area contributed by atoms with Crippen molar-refractivity contribution in [3.63, 3.8) is 0 Å². The van der Waals surface area contributed by atoms with Gasteiger partial charge in [0, 0.05) is 6.42 Å². The lowest BCUT2D eigenvalue weighted by Crippen LogP contribution is -2.21. The molecule has 0 aliphatic carbocycles. The molecule has 0 N–H and O–H groups in total. The van der Waals surface area contributed by atoms with Crippen LogP contribution in [0.15, 0.2) is 30.3 Å². The minimum atomic E-state index is 0.0169. The molecule has 0 saturated carbocycles. The zero-order valence-electron chi connectivity index (χ0n) is 8.29. The van der Waals surface area contributed by atoms with E-state index >= 15 is 0 Å². The van der Waals surface area contributed by atoms with Gasteiger partial charge in [0.2, 0.25) is 0 Å². The Labute approximate surface area is 79.8 Å². The van der Waals surface area contributed by atoms with E-state index in [2.05, 4.69) is 26.0 Å². The number of rotatable bonds is 4. The summed E-state index contributed by atoms with van der Waals surface area (Å²) in [7, 11) is 0. The Kier molecular flexibility index (Phi) is 3.24. The van der Waals surface area contributed by atoms with E-state index in [0.717, 1.165) is 12.7 Å². The smallest absolute Gasteiger partial charge is 0.120 e. The van der Waals surface area contributed by atoms with Gasteiger partial charge in [-0.15, -0.1) is 0 Å². The number of benzene rings is 1. The SMILES string of the molecule is CC[C@@](C)(CC=O)c1ccccc1. The zero-order chi connectivity index (χ0) is 9.73. The summed E-state index contributed by atoms with van der Waals surface area (Å²) >= 11 is 0. The number of hydrogen-bond acceptors (Lipinski definition) is 1. The highest BCUT2D eigenvalue weighted by atomic mass is 16.1. The number of aldehydes is 1. The van der Waals surface area contributed by atoms with E-state index in [1.807, 2.05) is 18.2 Å². The number of carbonyl (C=O) groups is 1. The first-order valence-electron chi connectivity index (χ1n) is 4.72. The second-order valence-electron chi connectivity index (χ2n) is 3.65. The van der Waals surface area contributed by atoms with Crippen molar-refractivity contribution in [3.05, 3.63) is 35.9 Å². The lowest BCUT2D eigenvalue weighted by Gasteiger charge is -2.26. The minimum absolute atomic E-state index is 0.0169. The Balaban J connectivity index is 2.95. The van der Waals surface area contributed by atoms with Crippen molar-refractivity contribution in [3.8, 4) is 0 Å². The fourth-order valence-electron chi connectivity index (χ4n) is 1.49. The van der Waals surface area contributed by atoms with Gasteiger partial charge >= 0.3 is 0 Å². The maximum absolute atomic E-state index is 10.6. The number of hydrogen-bond donors (Lipinski definition) is 0. The van der Waals surface area contributed by atoms with Gasteiger partial charge in [-0.2, -0.15) is 0 Å². The molecule has 0 unspecified atom stereocenters. The molecule has 0 heterocycles. The van der Waals surface area contributed by atoms with E-state index in [4.69, 9.17) is 0 Å². The molecule has 1 aromatic rings. The molecule has 0 aromatic heterocycles. The average Bonchev–Trinajstić information content (AvgIpc) is 2.19. The molecule has 0 saturated heterocycles. The Morgan fingerprint density at radius 3 is 2.38 bits per heavy atom. The first kappa shape index (κ1) is 9.97. The summed E-state index contributed by atoms with van der Waals surface area (Å²) in [5.41, 5.74) is 1.27. The van der Waals surface area contributed by atoms with Crippen LogP contribution < -0.4 is 0 Å². The first-order valence-corrected chi connectivity index (χ1v) is 4.72. The Morgan fingerprint density at radius 2 is 1.92 bits per heavy atom. The maximum Gasteiger partial charge on any atom is 0.120 e. The van der Waals surface area contributed by atoms with Gasteiger partial charge in [0.05, 0.1) is 0 Å². The first-order chi connectivity index (χ1) is 6.23. The van der Waals surface area contributed by atoms with Gasteiger partial charge < -0.3 is 4.79 Å².